The second-order valence-corrected chi connectivity index (χ2v) is 42.9. The number of aliphatic hydroxyl groups is 2. The maximum Gasteiger partial charge on any atom is 0.408 e. The third-order valence-corrected chi connectivity index (χ3v) is 30.1. The molecule has 3 amide bonds. The second kappa shape index (κ2) is 45.7. The molecular weight excluding hydrogens is 1950 g/mol. The molecule has 15 rings (SSSR count). The zero-order valence-electron chi connectivity index (χ0n) is 87.4. The first-order valence-corrected chi connectivity index (χ1v) is 50.5. The van der Waals surface area contributed by atoms with Crippen LogP contribution in [0.25, 0.3) is 0 Å². The molecule has 0 unspecified atom stereocenters. The first kappa shape index (κ1) is 113. The lowest BCUT2D eigenvalue weighted by Gasteiger charge is -2.64. The van der Waals surface area contributed by atoms with E-state index in [1.54, 1.807) is 180 Å². The zero-order valence-corrected chi connectivity index (χ0v) is 87.4. The third kappa shape index (κ3) is 23.6. The van der Waals surface area contributed by atoms with E-state index in [9.17, 15) is 63.0 Å². The van der Waals surface area contributed by atoms with E-state index in [1.165, 1.54) is 38.1 Å². The van der Waals surface area contributed by atoms with E-state index in [2.05, 4.69) is 16.0 Å². The van der Waals surface area contributed by atoms with Gasteiger partial charge in [-0.3, -0.25) is 28.8 Å². The smallest absolute Gasteiger partial charge is 0.408 e. The van der Waals surface area contributed by atoms with Crippen LogP contribution in [0.1, 0.15) is 212 Å². The predicted octanol–water partition coefficient (Wildman–Crippen LogP) is 11.4. The molecule has 39 heteroatoms. The Morgan fingerprint density at radius 1 is 0.440 bits per heavy atom. The van der Waals surface area contributed by atoms with E-state index in [1.807, 2.05) is 37.3 Å². The number of alkyl carbamates (subject to hydrolysis) is 3. The van der Waals surface area contributed by atoms with Gasteiger partial charge in [0.05, 0.1) is 69.2 Å². The van der Waals surface area contributed by atoms with Crippen LogP contribution in [0.4, 0.5) is 14.4 Å². The van der Waals surface area contributed by atoms with Crippen LogP contribution in [0.15, 0.2) is 174 Å². The Bertz CT molecular complexity index is 5900. The average molecular weight is 2090 g/mol. The Morgan fingerprint density at radius 2 is 0.800 bits per heavy atom. The summed E-state index contributed by atoms with van der Waals surface area (Å²) in [7, 11) is 0. The molecule has 4 bridgehead atoms. The molecule has 8 aliphatic carbocycles. The Balaban J connectivity index is 0.000000238. The predicted molar refractivity (Wildman–Crippen MR) is 525 cm³/mol. The molecule has 6 saturated carbocycles. The number of rotatable bonds is 37. The molecule has 150 heavy (non-hydrogen) atoms. The topological polar surface area (TPSA) is 508 Å². The maximum atomic E-state index is 15.8. The van der Waals surface area contributed by atoms with Gasteiger partial charge in [0.25, 0.3) is 0 Å². The fourth-order valence-corrected chi connectivity index (χ4v) is 23.3. The van der Waals surface area contributed by atoms with Crippen LogP contribution in [0, 0.1) is 45.3 Å². The van der Waals surface area contributed by atoms with E-state index in [0.717, 1.165) is 25.8 Å². The van der Waals surface area contributed by atoms with Crippen molar-refractivity contribution >= 4 is 89.5 Å². The Hall–Kier alpha value is -12.9. The summed E-state index contributed by atoms with van der Waals surface area (Å²) in [6.45, 7) is 25.1. The molecule has 5 aromatic carbocycles. The summed E-state index contributed by atoms with van der Waals surface area (Å²) in [4.78, 5) is 210. The maximum absolute atomic E-state index is 15.8. The molecule has 2 saturated heterocycles. The van der Waals surface area contributed by atoms with Gasteiger partial charge >= 0.3 is 78.0 Å². The lowest BCUT2D eigenvalue weighted by atomic mass is 9.48. The first-order chi connectivity index (χ1) is 70.9. The fourth-order valence-electron chi connectivity index (χ4n) is 23.3. The van der Waals surface area contributed by atoms with Crippen LogP contribution >= 0.6 is 0 Å². The number of fused-ring (bicyclic) bond motifs is 8. The third-order valence-electron chi connectivity index (χ3n) is 30.1. The number of hydrogen-bond acceptors (Lipinski definition) is 36. The fraction of sp³-hybridized carbons (Fsp3) is 0.559. The van der Waals surface area contributed by atoms with Gasteiger partial charge in [0.1, 0.15) is 90.9 Å². The number of esters is 10. The van der Waals surface area contributed by atoms with E-state index in [4.69, 9.17) is 90.0 Å². The number of nitrogens with one attached hydrogen (secondary N) is 3. The average Bonchev–Trinajstić information content (AvgIpc) is 1.47. The van der Waals surface area contributed by atoms with Crippen molar-refractivity contribution in [2.45, 2.75) is 276 Å². The van der Waals surface area contributed by atoms with E-state index in [-0.39, 0.29) is 118 Å². The van der Waals surface area contributed by atoms with Crippen molar-refractivity contribution in [2.75, 3.05) is 72.6 Å². The molecule has 10 aliphatic rings. The molecule has 39 nitrogen and oxygen atoms in total. The van der Waals surface area contributed by atoms with Crippen LogP contribution in [0.5, 0.6) is 0 Å². The molecule has 0 radical (unpaired) electrons. The number of hydrogen-bond donors (Lipinski definition) is 5. The highest BCUT2D eigenvalue weighted by Gasteiger charge is 2.87. The number of amides is 3. The molecule has 22 atom stereocenters. The van der Waals surface area contributed by atoms with Gasteiger partial charge in [-0.1, -0.05) is 162 Å². The highest BCUT2D eigenvalue weighted by Crippen LogP contribution is 2.77. The van der Waals surface area contributed by atoms with Crippen LogP contribution in [-0.4, -0.2) is 267 Å². The van der Waals surface area contributed by atoms with Crippen LogP contribution < -0.4 is 16.0 Å². The van der Waals surface area contributed by atoms with Crippen molar-refractivity contribution in [3.63, 3.8) is 0 Å². The minimum Gasteiger partial charge on any atom is -0.455 e. The Morgan fingerprint density at radius 3 is 1.15 bits per heavy atom. The molecule has 2 spiro atoms. The van der Waals surface area contributed by atoms with Gasteiger partial charge in [-0.15, -0.1) is 0 Å². The van der Waals surface area contributed by atoms with Gasteiger partial charge in [-0.2, -0.15) is 0 Å². The van der Waals surface area contributed by atoms with Crippen molar-refractivity contribution in [2.24, 2.45) is 45.3 Å². The molecule has 2 heterocycles. The highest BCUT2D eigenvalue weighted by atomic mass is 16.7. The summed E-state index contributed by atoms with van der Waals surface area (Å²) in [5.41, 5.74) is -13.9. The van der Waals surface area contributed by atoms with Crippen molar-refractivity contribution in [3.05, 3.63) is 202 Å². The van der Waals surface area contributed by atoms with Crippen LogP contribution in [-0.2, 0) is 145 Å². The largest absolute Gasteiger partial charge is 0.455 e. The van der Waals surface area contributed by atoms with E-state index < -0.39 is 268 Å². The van der Waals surface area contributed by atoms with Gasteiger partial charge in [0.2, 0.25) is 12.2 Å². The molecule has 0 aromatic heterocycles. The van der Waals surface area contributed by atoms with Crippen molar-refractivity contribution < 1.29 is 172 Å². The first-order valence-electron chi connectivity index (χ1n) is 50.5. The highest BCUT2D eigenvalue weighted by molar-refractivity contribution is 6.00. The van der Waals surface area contributed by atoms with Crippen LogP contribution in [0.2, 0.25) is 0 Å². The van der Waals surface area contributed by atoms with Crippen molar-refractivity contribution in [3.8, 4) is 0 Å². The minimum absolute atomic E-state index is 0.0159. The van der Waals surface area contributed by atoms with Gasteiger partial charge in [-0.05, 0) is 163 Å². The number of carbonyl (C=O) groups is 15. The van der Waals surface area contributed by atoms with Gasteiger partial charge in [0.15, 0.2) is 35.0 Å². The number of Topliss-reactive ketones (excluding diaryl/α,β-unsaturated/α-hetero) is 2. The number of carbonyl (C=O) groups excluding carboxylic acids is 15. The molecule has 2 aliphatic heterocycles. The SMILES string of the molecule is CC(=O)O[C@H]1C(=O)[C@]23C[C@H]2C[C@H]2OC[C@@]2(OC(C)=O)[C@H]3[C@H](OC(=O)c2ccccc2)[C@]2(O)C[C@H](OC(=O)[C@H](OC(=O)COCCOCCNC(=O)OCc3ccccc3)[C@@H](NC(=O)OC(C)(C)C)c3ccccc3)C(C)=C1C2(C)C.CCCOCCOCC(=O)O[C@@H](C(=O)O[C@H]1C[C@@]2(O)[C@@H](OC(=O)c3ccccc3)[C@@H]3[C@]4(OC(C)=O)CO[C@@H]4C[C@@H]4C[C@@]43C(=O)[C@H](OC(C)=O)C(=C1C)C2(C)C)[C@@H](NC(=O)OC(C)(C)C)c1ccccc1. The second-order valence-electron chi connectivity index (χ2n) is 42.9. The lowest BCUT2D eigenvalue weighted by molar-refractivity contribution is -0.323. The number of benzene rings is 5. The van der Waals surface area contributed by atoms with Gasteiger partial charge in [0, 0.05) is 75.3 Å². The van der Waals surface area contributed by atoms with Crippen molar-refractivity contribution in [1.29, 1.82) is 0 Å². The monoisotopic (exact) mass is 2090 g/mol. The minimum atomic E-state index is -2.36. The Labute approximate surface area is 869 Å². The summed E-state index contributed by atoms with van der Waals surface area (Å²) < 4.78 is 113. The van der Waals surface area contributed by atoms with E-state index in [0.29, 0.717) is 18.6 Å². The summed E-state index contributed by atoms with van der Waals surface area (Å²) >= 11 is 0. The van der Waals surface area contributed by atoms with Crippen molar-refractivity contribution in [1.82, 2.24) is 16.0 Å². The molecular formula is C111H135N3O36. The summed E-state index contributed by atoms with van der Waals surface area (Å²) in [6, 6.07) is 38.5. The number of ether oxygens (including phenoxy) is 19. The molecule has 5 aromatic rings. The van der Waals surface area contributed by atoms with Crippen LogP contribution in [0.3, 0.4) is 0 Å². The Kier molecular flexibility index (Phi) is 34.4. The summed E-state index contributed by atoms with van der Waals surface area (Å²) in [6.07, 6.45) is -17.2. The summed E-state index contributed by atoms with van der Waals surface area (Å²) in [5, 5.41) is 35.8. The molecule has 5 N–H and O–H groups in total. The standard InChI is InChI=1S/C59H70N2O19.C52H65NO17/c1-34-41(76-52(67)47(45(38-20-14-10-15-21-38)61-54(69)80-55(4,5)6)77-43(64)32-72-27-26-71-25-24-60-53(68)73-31-37-18-12-9-13-19-37)30-59(70)50(78-51(66)39-22-16-11-17-23-39)48-57(49(65)46(75-35(2)62)44(34)56(59,7)8)29-40(57)28-42-58(48,33-74-42)79-36(3)63;1-10-21-62-22-23-63-27-37(56)67-41(39(32-17-13-11-14-18-32)53-47(60)70-48(5,6)7)46(59)66-35-26-52(61)44(68-45(58)33-19-15-12-16-20-33)42-50(25-34(50)24-36-51(42,28-64-36)69-31(4)55)43(57)40(65-30(3)54)38(29(35)2)49(52,8)9/h9-23,40-42,45-48,50,70H,24-33H2,1-8H3,(H,60,68)(H,61,69);11-20,34-36,39-42,44,61H,10,21-28H2,1-9H3,(H,53,60)/t40-,41+,42-,45+,46-,47-,48+,50+,57-,58+,59-;34-,35+,36-,39+,40-,41-,42+,44+,50-,51+,52-/m11/s1. The molecule has 8 fully saturated rings. The molecule has 810 valence electrons. The lowest BCUT2D eigenvalue weighted by Crippen LogP contribution is -2.78. The van der Waals surface area contributed by atoms with E-state index >= 15 is 19.2 Å². The quantitative estimate of drug-likeness (QED) is 0.0107. The normalized spacial score (nSPS) is 28.8. The zero-order chi connectivity index (χ0) is 109. The van der Waals surface area contributed by atoms with Gasteiger partial charge in [-0.25, -0.2) is 43.2 Å². The number of ketones is 2. The van der Waals surface area contributed by atoms with Gasteiger partial charge < -0.3 is 116 Å². The summed E-state index contributed by atoms with van der Waals surface area (Å²) in [5.74, 6) is -13.9.